The summed E-state index contributed by atoms with van der Waals surface area (Å²) in [5.74, 6) is 0.857. The second kappa shape index (κ2) is 13.3. The molecule has 0 saturated carbocycles. The fraction of sp³-hybridized carbons (Fsp3) is 0.267. The highest BCUT2D eigenvalue weighted by Crippen LogP contribution is 2.29. The van der Waals surface area contributed by atoms with Crippen LogP contribution in [-0.4, -0.2) is 51.2 Å². The lowest BCUT2D eigenvalue weighted by Gasteiger charge is -2.31. The molecule has 13 heteroatoms. The fourth-order valence-corrected chi connectivity index (χ4v) is 5.48. The van der Waals surface area contributed by atoms with Crippen molar-refractivity contribution in [1.82, 2.24) is 20.1 Å². The van der Waals surface area contributed by atoms with Crippen molar-refractivity contribution in [2.45, 2.75) is 32.3 Å². The number of carbonyl (C=O) groups excluding carboxylic acids is 1. The first-order valence-corrected chi connectivity index (χ1v) is 14.6. The third kappa shape index (κ3) is 7.72. The molecule has 0 radical (unpaired) electrons. The number of alkyl halides is 4. The van der Waals surface area contributed by atoms with Gasteiger partial charge < -0.3 is 15.0 Å². The summed E-state index contributed by atoms with van der Waals surface area (Å²) in [4.78, 5) is 23.2. The van der Waals surface area contributed by atoms with Gasteiger partial charge in [-0.05, 0) is 54.3 Å². The first-order valence-electron chi connectivity index (χ1n) is 13.6. The van der Waals surface area contributed by atoms with Crippen molar-refractivity contribution >= 4 is 28.6 Å². The normalized spacial score (nSPS) is 15.4. The lowest BCUT2D eigenvalue weighted by Crippen LogP contribution is -2.36. The van der Waals surface area contributed by atoms with Crippen LogP contribution < -0.4 is 15.0 Å². The highest BCUT2D eigenvalue weighted by Gasteiger charge is 2.31. The number of benzene rings is 3. The second-order valence-electron chi connectivity index (χ2n) is 9.56. The van der Waals surface area contributed by atoms with Crippen LogP contribution in [-0.2, 0) is 6.42 Å². The van der Waals surface area contributed by atoms with Gasteiger partial charge >= 0.3 is 12.4 Å². The Morgan fingerprint density at radius 1 is 1.09 bits per heavy atom. The van der Waals surface area contributed by atoms with E-state index >= 15 is 4.39 Å². The minimum Gasteiger partial charge on any atom is -0.406 e. The summed E-state index contributed by atoms with van der Waals surface area (Å²) < 4.78 is 57.5. The first-order chi connectivity index (χ1) is 20.7. The van der Waals surface area contributed by atoms with Crippen molar-refractivity contribution < 1.29 is 27.1 Å². The zero-order valence-electron chi connectivity index (χ0n) is 23.1. The molecule has 2 heterocycles. The minimum absolute atomic E-state index is 0.244. The van der Waals surface area contributed by atoms with E-state index in [1.54, 1.807) is 24.3 Å². The number of hydrogen-bond donors (Lipinski definition) is 1. The van der Waals surface area contributed by atoms with E-state index in [1.807, 2.05) is 23.1 Å². The molecule has 1 atom stereocenters. The molecule has 3 aromatic carbocycles. The molecule has 0 spiro atoms. The lowest BCUT2D eigenvalue weighted by molar-refractivity contribution is -0.274. The van der Waals surface area contributed by atoms with Crippen LogP contribution in [0.25, 0.3) is 17.1 Å². The average Bonchev–Trinajstić information content (AvgIpc) is 3.50. The van der Waals surface area contributed by atoms with Crippen molar-refractivity contribution in [2.24, 2.45) is 4.99 Å². The van der Waals surface area contributed by atoms with Crippen LogP contribution in [0.5, 0.6) is 5.75 Å². The molecule has 8 nitrogen and oxygen atoms in total. The highest BCUT2D eigenvalue weighted by molar-refractivity contribution is 8.14. The number of amidine groups is 1. The number of aryl methyl sites for hydroxylation is 1. The minimum atomic E-state index is -4.77. The predicted octanol–water partition coefficient (Wildman–Crippen LogP) is 7.12. The van der Waals surface area contributed by atoms with E-state index < -0.39 is 18.6 Å². The maximum Gasteiger partial charge on any atom is 0.573 e. The van der Waals surface area contributed by atoms with Gasteiger partial charge in [-0.15, -0.1) is 18.3 Å². The standard InChI is InChI=1S/C30H28F4N6O2S/c1-2-20-6-3-4-7-26(20)39-16-5-17-43-29(39)37-28(41)35-18-25(31)21-8-10-22(11-9-21)27-36-19-40(38-27)23-12-14-24(15-13-23)42-30(32,33)34/h3-4,6-15,19,25H,2,5,16-18H2,1H3,(H,35,41). The van der Waals surface area contributed by atoms with Gasteiger partial charge in [-0.3, -0.25) is 0 Å². The number of aromatic nitrogens is 3. The van der Waals surface area contributed by atoms with Crippen LogP contribution >= 0.6 is 11.8 Å². The molecule has 1 N–H and O–H groups in total. The van der Waals surface area contributed by atoms with E-state index in [9.17, 15) is 18.0 Å². The number of halogens is 4. The van der Waals surface area contributed by atoms with Crippen molar-refractivity contribution in [3.63, 3.8) is 0 Å². The van der Waals surface area contributed by atoms with Crippen LogP contribution in [0.15, 0.2) is 84.1 Å². The molecular weight excluding hydrogens is 584 g/mol. The summed E-state index contributed by atoms with van der Waals surface area (Å²) in [5.41, 5.74) is 3.66. The predicted molar refractivity (Wildman–Crippen MR) is 158 cm³/mol. The van der Waals surface area contributed by atoms with E-state index in [0.717, 1.165) is 30.8 Å². The number of urea groups is 1. The molecule has 4 aromatic rings. The number of rotatable bonds is 8. The number of nitrogens with zero attached hydrogens (tertiary/aromatic N) is 5. The number of nitrogens with one attached hydrogen (secondary N) is 1. The average molecular weight is 613 g/mol. The van der Waals surface area contributed by atoms with E-state index in [1.165, 1.54) is 52.6 Å². The summed E-state index contributed by atoms with van der Waals surface area (Å²) in [6.07, 6.45) is -2.99. The molecule has 1 aliphatic rings. The third-order valence-electron chi connectivity index (χ3n) is 6.64. The van der Waals surface area contributed by atoms with Crippen molar-refractivity contribution in [3.8, 4) is 22.8 Å². The number of ether oxygens (including phenoxy) is 1. The third-order valence-corrected chi connectivity index (χ3v) is 7.70. The topological polar surface area (TPSA) is 84.6 Å². The molecular formula is C30H28F4N6O2S. The van der Waals surface area contributed by atoms with Crippen LogP contribution in [0.2, 0.25) is 0 Å². The number of aliphatic imine (C=N–C) groups is 1. The van der Waals surface area contributed by atoms with Gasteiger partial charge in [-0.2, -0.15) is 4.99 Å². The maximum absolute atomic E-state index is 15.0. The molecule has 43 heavy (non-hydrogen) atoms. The van der Waals surface area contributed by atoms with Crippen molar-refractivity contribution in [1.29, 1.82) is 0 Å². The number of thioether (sulfide) groups is 1. The monoisotopic (exact) mass is 612 g/mol. The summed E-state index contributed by atoms with van der Waals surface area (Å²) >= 11 is 1.51. The van der Waals surface area contributed by atoms with E-state index in [0.29, 0.717) is 27.8 Å². The van der Waals surface area contributed by atoms with Crippen LogP contribution in [0.3, 0.4) is 0 Å². The van der Waals surface area contributed by atoms with E-state index in [2.05, 4.69) is 38.1 Å². The van der Waals surface area contributed by atoms with Crippen molar-refractivity contribution in [3.05, 3.63) is 90.3 Å². The zero-order valence-corrected chi connectivity index (χ0v) is 23.9. The van der Waals surface area contributed by atoms with Crippen LogP contribution in [0.4, 0.5) is 28.0 Å². The molecule has 224 valence electrons. The van der Waals surface area contributed by atoms with Crippen LogP contribution in [0.1, 0.15) is 30.6 Å². The molecule has 1 aromatic heterocycles. The first kappa shape index (κ1) is 30.1. The van der Waals surface area contributed by atoms with Gasteiger partial charge in [0.2, 0.25) is 0 Å². The van der Waals surface area contributed by atoms with Gasteiger partial charge in [0.1, 0.15) is 18.2 Å². The zero-order chi connectivity index (χ0) is 30.4. The Bertz CT molecular complexity index is 1570. The molecule has 2 amide bonds. The fourth-order valence-electron chi connectivity index (χ4n) is 4.53. The Hall–Kier alpha value is -4.39. The number of carbonyl (C=O) groups is 1. The van der Waals surface area contributed by atoms with E-state index in [4.69, 9.17) is 0 Å². The number of hydrogen-bond acceptors (Lipinski definition) is 5. The van der Waals surface area contributed by atoms with Gasteiger partial charge in [0.15, 0.2) is 11.0 Å². The second-order valence-corrected chi connectivity index (χ2v) is 10.6. The van der Waals surface area contributed by atoms with Gasteiger partial charge in [0, 0.05) is 23.5 Å². The molecule has 1 unspecified atom stereocenters. The Kier molecular flexibility index (Phi) is 9.29. The van der Waals surface area contributed by atoms with Crippen LogP contribution in [0, 0.1) is 0 Å². The molecule has 0 aliphatic carbocycles. The summed E-state index contributed by atoms with van der Waals surface area (Å²) in [6.45, 7) is 2.59. The van der Waals surface area contributed by atoms with E-state index in [-0.39, 0.29) is 12.3 Å². The van der Waals surface area contributed by atoms with Gasteiger partial charge in [0.25, 0.3) is 0 Å². The molecule has 0 bridgehead atoms. The summed E-state index contributed by atoms with van der Waals surface area (Å²) in [5, 5.41) is 7.53. The molecule has 1 aliphatic heterocycles. The Balaban J connectivity index is 1.18. The smallest absolute Gasteiger partial charge is 0.406 e. The largest absolute Gasteiger partial charge is 0.573 e. The maximum atomic E-state index is 15.0. The molecule has 1 fully saturated rings. The SMILES string of the molecule is CCc1ccccc1N1CCCSC1=NC(=O)NCC(F)c1ccc(-c2ncn(-c3ccc(OC(F)(F)F)cc3)n2)cc1. The van der Waals surface area contributed by atoms with Crippen molar-refractivity contribution in [2.75, 3.05) is 23.7 Å². The number of para-hydroxylation sites is 1. The Morgan fingerprint density at radius 3 is 2.56 bits per heavy atom. The molecule has 5 rings (SSSR count). The highest BCUT2D eigenvalue weighted by atomic mass is 32.2. The van der Waals surface area contributed by atoms with Gasteiger partial charge in [0.05, 0.1) is 12.2 Å². The Labute approximate surface area is 249 Å². The number of amides is 2. The van der Waals surface area contributed by atoms with Gasteiger partial charge in [-0.25, -0.2) is 18.9 Å². The Morgan fingerprint density at radius 2 is 1.84 bits per heavy atom. The summed E-state index contributed by atoms with van der Waals surface area (Å²) in [7, 11) is 0. The quantitative estimate of drug-likeness (QED) is 0.214. The lowest BCUT2D eigenvalue weighted by atomic mass is 10.1. The molecule has 1 saturated heterocycles. The van der Waals surface area contributed by atoms with Gasteiger partial charge in [-0.1, -0.05) is 61.2 Å². The summed E-state index contributed by atoms with van der Waals surface area (Å²) in [6, 6.07) is 19.1. The number of anilines is 1.